The Morgan fingerprint density at radius 3 is 2.39 bits per heavy atom. The summed E-state index contributed by atoms with van der Waals surface area (Å²) in [5, 5.41) is 2.70. The number of Topliss-reactive ketones (excluding diaryl/α,β-unsaturated/α-hetero) is 1. The van der Waals surface area contributed by atoms with Gasteiger partial charge in [0.25, 0.3) is 0 Å². The fourth-order valence-electron chi connectivity index (χ4n) is 1.53. The first-order valence-electron chi connectivity index (χ1n) is 5.77. The van der Waals surface area contributed by atoms with Crippen LogP contribution in [0.5, 0.6) is 0 Å². The highest BCUT2D eigenvalue weighted by Crippen LogP contribution is 2.07. The van der Waals surface area contributed by atoms with Crippen LogP contribution in [-0.4, -0.2) is 43.3 Å². The second-order valence-corrected chi connectivity index (χ2v) is 5.30. The molecule has 0 aliphatic carbocycles. The van der Waals surface area contributed by atoms with Crippen molar-refractivity contribution in [2.45, 2.75) is 6.92 Å². The van der Waals surface area contributed by atoms with Gasteiger partial charge in [0.05, 0.1) is 13.1 Å². The Bertz CT molecular complexity index is 418. The van der Waals surface area contributed by atoms with Crippen LogP contribution < -0.4 is 5.32 Å². The van der Waals surface area contributed by atoms with E-state index >= 15 is 0 Å². The summed E-state index contributed by atoms with van der Waals surface area (Å²) < 4.78 is 1.10. The van der Waals surface area contributed by atoms with Crippen LogP contribution in [0, 0.1) is 3.57 Å². The molecule has 0 radical (unpaired) electrons. The van der Waals surface area contributed by atoms with Crippen molar-refractivity contribution in [2.24, 2.45) is 0 Å². The van der Waals surface area contributed by atoms with Crippen LogP contribution in [0.4, 0.5) is 0 Å². The average Bonchev–Trinajstić information content (AvgIpc) is 2.29. The Labute approximate surface area is 121 Å². The number of ketones is 1. The third-order valence-corrected chi connectivity index (χ3v) is 3.09. The van der Waals surface area contributed by atoms with E-state index in [-0.39, 0.29) is 24.8 Å². The lowest BCUT2D eigenvalue weighted by atomic mass is 10.1. The maximum absolute atomic E-state index is 11.9. The Hall–Kier alpha value is -0.950. The van der Waals surface area contributed by atoms with Crippen LogP contribution in [-0.2, 0) is 4.79 Å². The molecule has 0 unspecified atom stereocenters. The zero-order valence-corrected chi connectivity index (χ0v) is 12.7. The van der Waals surface area contributed by atoms with Crippen molar-refractivity contribution in [2.75, 3.05) is 26.7 Å². The first-order valence-corrected chi connectivity index (χ1v) is 6.84. The number of rotatable bonds is 6. The molecule has 1 rings (SSSR count). The van der Waals surface area contributed by atoms with Crippen LogP contribution in [0.15, 0.2) is 24.3 Å². The predicted octanol–water partition coefficient (Wildman–Crippen LogP) is 1.54. The Kier molecular flexibility index (Phi) is 6.28. The highest BCUT2D eigenvalue weighted by molar-refractivity contribution is 14.1. The molecule has 4 nitrogen and oxygen atoms in total. The average molecular weight is 360 g/mol. The van der Waals surface area contributed by atoms with E-state index < -0.39 is 0 Å². The maximum atomic E-state index is 11.9. The summed E-state index contributed by atoms with van der Waals surface area (Å²) in [7, 11) is 1.76. The van der Waals surface area contributed by atoms with Gasteiger partial charge in [-0.05, 0) is 48.7 Å². The van der Waals surface area contributed by atoms with E-state index in [1.165, 1.54) is 0 Å². The highest BCUT2D eigenvalue weighted by atomic mass is 127. The molecule has 18 heavy (non-hydrogen) atoms. The molecule has 0 saturated carbocycles. The number of halogens is 1. The van der Waals surface area contributed by atoms with Crippen molar-refractivity contribution < 1.29 is 9.59 Å². The first kappa shape index (κ1) is 15.1. The van der Waals surface area contributed by atoms with Gasteiger partial charge in [0, 0.05) is 15.7 Å². The topological polar surface area (TPSA) is 49.4 Å². The van der Waals surface area contributed by atoms with Crippen molar-refractivity contribution in [3.05, 3.63) is 33.4 Å². The lowest BCUT2D eigenvalue weighted by Gasteiger charge is -2.15. The summed E-state index contributed by atoms with van der Waals surface area (Å²) in [6.07, 6.45) is 0. The van der Waals surface area contributed by atoms with Crippen molar-refractivity contribution in [3.8, 4) is 0 Å². The van der Waals surface area contributed by atoms with Crippen molar-refractivity contribution in [1.82, 2.24) is 10.2 Å². The van der Waals surface area contributed by atoms with E-state index in [1.807, 2.05) is 31.2 Å². The second-order valence-electron chi connectivity index (χ2n) is 4.06. The molecule has 0 heterocycles. The van der Waals surface area contributed by atoms with Gasteiger partial charge in [0.2, 0.25) is 5.91 Å². The van der Waals surface area contributed by atoms with Crippen LogP contribution in [0.25, 0.3) is 0 Å². The molecule has 1 aromatic rings. The minimum Gasteiger partial charge on any atom is -0.355 e. The number of hydrogen-bond donors (Lipinski definition) is 1. The van der Waals surface area contributed by atoms with Gasteiger partial charge in [-0.2, -0.15) is 0 Å². The molecule has 0 aromatic heterocycles. The summed E-state index contributed by atoms with van der Waals surface area (Å²) in [4.78, 5) is 25.0. The molecule has 0 fully saturated rings. The van der Waals surface area contributed by atoms with E-state index in [2.05, 4.69) is 27.9 Å². The summed E-state index contributed by atoms with van der Waals surface area (Å²) >= 11 is 2.20. The third-order valence-electron chi connectivity index (χ3n) is 2.37. The number of hydrogen-bond acceptors (Lipinski definition) is 3. The van der Waals surface area contributed by atoms with E-state index in [0.29, 0.717) is 12.1 Å². The zero-order valence-electron chi connectivity index (χ0n) is 10.6. The zero-order chi connectivity index (χ0) is 13.5. The van der Waals surface area contributed by atoms with Gasteiger partial charge in [0.15, 0.2) is 5.78 Å². The van der Waals surface area contributed by atoms with Crippen LogP contribution in [0.2, 0.25) is 0 Å². The van der Waals surface area contributed by atoms with Gasteiger partial charge in [0.1, 0.15) is 0 Å². The quantitative estimate of drug-likeness (QED) is 0.619. The fraction of sp³-hybridized carbons (Fsp3) is 0.385. The Morgan fingerprint density at radius 1 is 1.22 bits per heavy atom. The smallest absolute Gasteiger partial charge is 0.234 e. The SMILES string of the molecule is CCNC(=O)CN(C)CC(=O)c1ccc(I)cc1. The third kappa shape index (κ3) is 5.14. The maximum Gasteiger partial charge on any atom is 0.234 e. The summed E-state index contributed by atoms with van der Waals surface area (Å²) in [5.41, 5.74) is 0.679. The molecule has 0 aliphatic heterocycles. The largest absolute Gasteiger partial charge is 0.355 e. The molecule has 0 saturated heterocycles. The number of nitrogens with one attached hydrogen (secondary N) is 1. The van der Waals surface area contributed by atoms with Crippen molar-refractivity contribution >= 4 is 34.3 Å². The number of nitrogens with zero attached hydrogens (tertiary/aromatic N) is 1. The minimum absolute atomic E-state index is 0.0261. The first-order chi connectivity index (χ1) is 8.52. The second kappa shape index (κ2) is 7.48. The standard InChI is InChI=1S/C13H17IN2O2/c1-3-15-13(18)9-16(2)8-12(17)10-4-6-11(14)7-5-10/h4-7H,3,8-9H2,1-2H3,(H,15,18). The monoisotopic (exact) mass is 360 g/mol. The number of likely N-dealkylation sites (N-methyl/N-ethyl adjacent to an activating group) is 2. The molecule has 1 amide bonds. The summed E-state index contributed by atoms with van der Waals surface area (Å²) in [6, 6.07) is 7.42. The number of benzene rings is 1. The highest BCUT2D eigenvalue weighted by Gasteiger charge is 2.11. The van der Waals surface area contributed by atoms with Gasteiger partial charge in [-0.3, -0.25) is 14.5 Å². The molecular formula is C13H17IN2O2. The summed E-state index contributed by atoms with van der Waals surface area (Å²) in [6.45, 7) is 2.97. The molecule has 5 heteroatoms. The molecule has 0 bridgehead atoms. The van der Waals surface area contributed by atoms with Gasteiger partial charge in [-0.25, -0.2) is 0 Å². The molecule has 1 N–H and O–H groups in total. The summed E-state index contributed by atoms with van der Waals surface area (Å²) in [5.74, 6) is -0.0337. The van der Waals surface area contributed by atoms with E-state index in [1.54, 1.807) is 11.9 Å². The van der Waals surface area contributed by atoms with E-state index in [4.69, 9.17) is 0 Å². The van der Waals surface area contributed by atoms with E-state index in [9.17, 15) is 9.59 Å². The molecule has 1 aromatic carbocycles. The van der Waals surface area contributed by atoms with Gasteiger partial charge < -0.3 is 5.32 Å². The Balaban J connectivity index is 2.49. The van der Waals surface area contributed by atoms with Crippen LogP contribution in [0.3, 0.4) is 0 Å². The predicted molar refractivity (Wildman–Crippen MR) is 79.7 cm³/mol. The van der Waals surface area contributed by atoms with Crippen LogP contribution in [0.1, 0.15) is 17.3 Å². The van der Waals surface area contributed by atoms with Crippen LogP contribution >= 0.6 is 22.6 Å². The molecule has 0 spiro atoms. The van der Waals surface area contributed by atoms with Gasteiger partial charge in [-0.15, -0.1) is 0 Å². The van der Waals surface area contributed by atoms with Gasteiger partial charge in [-0.1, -0.05) is 12.1 Å². The fourth-order valence-corrected chi connectivity index (χ4v) is 1.89. The molecule has 0 aliphatic rings. The van der Waals surface area contributed by atoms with Crippen molar-refractivity contribution in [3.63, 3.8) is 0 Å². The normalized spacial score (nSPS) is 10.4. The van der Waals surface area contributed by atoms with E-state index in [0.717, 1.165) is 3.57 Å². The molecule has 98 valence electrons. The lowest BCUT2D eigenvalue weighted by Crippen LogP contribution is -2.37. The van der Waals surface area contributed by atoms with Crippen molar-refractivity contribution in [1.29, 1.82) is 0 Å². The minimum atomic E-state index is -0.0598. The number of carbonyl (C=O) groups excluding carboxylic acids is 2. The Morgan fingerprint density at radius 2 is 1.83 bits per heavy atom. The number of amides is 1. The lowest BCUT2D eigenvalue weighted by molar-refractivity contribution is -0.121. The number of carbonyl (C=O) groups is 2. The molecule has 0 atom stereocenters. The molecular weight excluding hydrogens is 343 g/mol. The van der Waals surface area contributed by atoms with Gasteiger partial charge >= 0.3 is 0 Å².